The second-order valence-electron chi connectivity index (χ2n) is 7.47. The van der Waals surface area contributed by atoms with Gasteiger partial charge in [0.15, 0.2) is 11.6 Å². The number of halogens is 3. The monoisotopic (exact) mass is 442 g/mol. The van der Waals surface area contributed by atoms with Gasteiger partial charge in [-0.1, -0.05) is 0 Å². The van der Waals surface area contributed by atoms with Gasteiger partial charge in [0.25, 0.3) is 0 Å². The molecule has 0 aliphatic carbocycles. The summed E-state index contributed by atoms with van der Waals surface area (Å²) in [6.45, 7) is 0.439. The fourth-order valence-electron chi connectivity index (χ4n) is 3.67. The normalized spacial score (nSPS) is 18.2. The highest BCUT2D eigenvalue weighted by atomic mass is 19.1. The predicted molar refractivity (Wildman–Crippen MR) is 107 cm³/mol. The van der Waals surface area contributed by atoms with Crippen LogP contribution >= 0.6 is 0 Å². The summed E-state index contributed by atoms with van der Waals surface area (Å²) in [5.41, 5.74) is 0.326. The van der Waals surface area contributed by atoms with Crippen molar-refractivity contribution in [2.75, 3.05) is 13.1 Å². The molecule has 0 bridgehead atoms. The number of nitrogens with zero attached hydrogens (tertiary/aromatic N) is 6. The van der Waals surface area contributed by atoms with E-state index in [1.54, 1.807) is 17.0 Å². The maximum atomic E-state index is 14.2. The molecule has 0 radical (unpaired) electrons. The Hall–Kier alpha value is -3.89. The summed E-state index contributed by atoms with van der Waals surface area (Å²) in [5, 5.41) is 5.28. The second kappa shape index (κ2) is 7.98. The third kappa shape index (κ3) is 3.77. The van der Waals surface area contributed by atoms with E-state index in [1.807, 2.05) is 0 Å². The number of hydrazone groups is 1. The zero-order valence-electron chi connectivity index (χ0n) is 16.6. The van der Waals surface area contributed by atoms with Crippen LogP contribution in [0.15, 0.2) is 54.3 Å². The molecule has 2 aromatic heterocycles. The zero-order chi connectivity index (χ0) is 22.2. The second-order valence-corrected chi connectivity index (χ2v) is 7.47. The number of aromatic nitrogens is 3. The lowest BCUT2D eigenvalue weighted by Gasteiger charge is -2.41. The molecule has 1 saturated heterocycles. The third-order valence-corrected chi connectivity index (χ3v) is 5.28. The topological polar surface area (TPSA) is 75.8 Å². The molecule has 3 aromatic rings. The Morgan fingerprint density at radius 3 is 2.59 bits per heavy atom. The van der Waals surface area contributed by atoms with Crippen LogP contribution in [0.5, 0.6) is 5.75 Å². The predicted octanol–water partition coefficient (Wildman–Crippen LogP) is 3.30. The van der Waals surface area contributed by atoms with E-state index in [-0.39, 0.29) is 18.8 Å². The minimum Gasteiger partial charge on any atom is -0.483 e. The number of hydrogen-bond acceptors (Lipinski definition) is 5. The average molecular weight is 442 g/mol. The first-order chi connectivity index (χ1) is 15.5. The van der Waals surface area contributed by atoms with Crippen LogP contribution < -0.4 is 4.74 Å². The Kier molecular flexibility index (Phi) is 5.00. The summed E-state index contributed by atoms with van der Waals surface area (Å²) in [4.78, 5) is 22.3. The molecule has 0 saturated carbocycles. The lowest BCUT2D eigenvalue weighted by atomic mass is 10.0. The summed E-state index contributed by atoms with van der Waals surface area (Å²) in [5.74, 6) is -1.58. The molecule has 11 heteroatoms. The van der Waals surface area contributed by atoms with Crippen molar-refractivity contribution in [2.24, 2.45) is 5.10 Å². The Morgan fingerprint density at radius 2 is 1.88 bits per heavy atom. The van der Waals surface area contributed by atoms with Gasteiger partial charge in [0, 0.05) is 37.2 Å². The number of pyridine rings is 1. The molecule has 1 atom stereocenters. The van der Waals surface area contributed by atoms with Gasteiger partial charge in [-0.2, -0.15) is 5.10 Å². The lowest BCUT2D eigenvalue weighted by molar-refractivity contribution is 0.0256. The van der Waals surface area contributed by atoms with Crippen molar-refractivity contribution in [3.8, 4) is 11.6 Å². The summed E-state index contributed by atoms with van der Waals surface area (Å²) in [7, 11) is 0. The van der Waals surface area contributed by atoms with Gasteiger partial charge in [0.05, 0.1) is 25.3 Å². The molecule has 164 valence electrons. The van der Waals surface area contributed by atoms with Gasteiger partial charge in [-0.3, -0.25) is 4.57 Å². The van der Waals surface area contributed by atoms with Crippen molar-refractivity contribution in [1.82, 2.24) is 24.4 Å². The van der Waals surface area contributed by atoms with Gasteiger partial charge in [-0.25, -0.2) is 32.9 Å². The van der Waals surface area contributed by atoms with Gasteiger partial charge < -0.3 is 9.64 Å². The van der Waals surface area contributed by atoms with Gasteiger partial charge in [-0.15, -0.1) is 0 Å². The van der Waals surface area contributed by atoms with Crippen molar-refractivity contribution >= 4 is 12.2 Å². The molecule has 1 unspecified atom stereocenters. The number of urea groups is 1. The number of amides is 2. The van der Waals surface area contributed by atoms with E-state index < -0.39 is 35.6 Å². The fraction of sp³-hybridized carbons (Fsp3) is 0.238. The molecular weight excluding hydrogens is 425 g/mol. The van der Waals surface area contributed by atoms with Crippen LogP contribution in [0.2, 0.25) is 0 Å². The van der Waals surface area contributed by atoms with Crippen LogP contribution in [0.3, 0.4) is 0 Å². The number of hydrogen-bond donors (Lipinski definition) is 0. The number of likely N-dealkylation sites (tertiary alicyclic amines) is 1. The zero-order valence-corrected chi connectivity index (χ0v) is 16.6. The van der Waals surface area contributed by atoms with Crippen molar-refractivity contribution in [3.63, 3.8) is 0 Å². The van der Waals surface area contributed by atoms with Crippen molar-refractivity contribution < 1.29 is 22.7 Å². The van der Waals surface area contributed by atoms with Crippen LogP contribution in [-0.4, -0.2) is 55.9 Å². The Bertz CT molecular complexity index is 1160. The molecule has 5 rings (SSSR count). The molecule has 0 N–H and O–H groups in total. The van der Waals surface area contributed by atoms with Crippen LogP contribution in [0.25, 0.3) is 5.82 Å². The first kappa shape index (κ1) is 20.0. The number of benzene rings is 1. The minimum atomic E-state index is -0.717. The summed E-state index contributed by atoms with van der Waals surface area (Å²) in [6, 6.07) is 3.61. The van der Waals surface area contributed by atoms with E-state index in [1.165, 1.54) is 40.6 Å². The first-order valence-corrected chi connectivity index (χ1v) is 9.85. The summed E-state index contributed by atoms with van der Waals surface area (Å²) < 4.78 is 48.7. The number of carbonyl (C=O) groups is 1. The Morgan fingerprint density at radius 1 is 1.09 bits per heavy atom. The maximum Gasteiger partial charge on any atom is 0.341 e. The van der Waals surface area contributed by atoms with Crippen molar-refractivity contribution in [2.45, 2.75) is 18.6 Å². The Labute approximate surface area is 180 Å². The molecule has 1 fully saturated rings. The van der Waals surface area contributed by atoms with E-state index in [4.69, 9.17) is 4.74 Å². The number of rotatable bonds is 4. The number of imidazole rings is 1. The molecule has 2 aliphatic rings. The van der Waals surface area contributed by atoms with Crippen LogP contribution in [-0.2, 0) is 0 Å². The number of carbonyl (C=O) groups excluding carboxylic acids is 1. The third-order valence-electron chi connectivity index (χ3n) is 5.28. The molecule has 8 nitrogen and oxygen atoms in total. The van der Waals surface area contributed by atoms with Gasteiger partial charge in [-0.05, 0) is 17.7 Å². The molecule has 2 amide bonds. The van der Waals surface area contributed by atoms with Gasteiger partial charge in [0.1, 0.15) is 29.9 Å². The van der Waals surface area contributed by atoms with Crippen molar-refractivity contribution in [1.29, 1.82) is 0 Å². The average Bonchev–Trinajstić information content (AvgIpc) is 3.42. The molecule has 2 aliphatic heterocycles. The van der Waals surface area contributed by atoms with E-state index >= 15 is 0 Å². The maximum absolute atomic E-state index is 14.2. The standard InChI is InChI=1S/C21H17F3N6O2/c22-14-5-13(6-15(23)7-14)18-1-2-27-30(18)21(31)29-10-16(11-29)32-19-8-20(26-9-17(19)24)28-4-3-25-12-28/h2-9,12,16,18H,1,10-11H2. The van der Waals surface area contributed by atoms with E-state index in [2.05, 4.69) is 15.1 Å². The van der Waals surface area contributed by atoms with E-state index in [0.717, 1.165) is 12.3 Å². The molecule has 32 heavy (non-hydrogen) atoms. The van der Waals surface area contributed by atoms with Gasteiger partial charge >= 0.3 is 6.03 Å². The lowest BCUT2D eigenvalue weighted by Crippen LogP contribution is -2.58. The highest BCUT2D eigenvalue weighted by Gasteiger charge is 2.39. The summed E-state index contributed by atoms with van der Waals surface area (Å²) in [6.07, 6.45) is 7.31. The minimum absolute atomic E-state index is 0.0214. The largest absolute Gasteiger partial charge is 0.483 e. The smallest absolute Gasteiger partial charge is 0.341 e. The van der Waals surface area contributed by atoms with Gasteiger partial charge in [0.2, 0.25) is 0 Å². The fourth-order valence-corrected chi connectivity index (χ4v) is 3.67. The van der Waals surface area contributed by atoms with E-state index in [0.29, 0.717) is 17.8 Å². The highest BCUT2D eigenvalue weighted by Crippen LogP contribution is 2.32. The van der Waals surface area contributed by atoms with Crippen LogP contribution in [0.4, 0.5) is 18.0 Å². The van der Waals surface area contributed by atoms with E-state index in [9.17, 15) is 18.0 Å². The highest BCUT2D eigenvalue weighted by molar-refractivity contribution is 5.79. The first-order valence-electron chi connectivity index (χ1n) is 9.85. The molecule has 1 aromatic carbocycles. The summed E-state index contributed by atoms with van der Waals surface area (Å²) >= 11 is 0. The quantitative estimate of drug-likeness (QED) is 0.622. The van der Waals surface area contributed by atoms with Crippen molar-refractivity contribution in [3.05, 3.63) is 72.2 Å². The van der Waals surface area contributed by atoms with Crippen LogP contribution in [0.1, 0.15) is 18.0 Å². The number of ether oxygens (including phenoxy) is 1. The molecule has 4 heterocycles. The molecular formula is C21H17F3N6O2. The Balaban J connectivity index is 1.23. The van der Waals surface area contributed by atoms with Crippen LogP contribution in [0, 0.1) is 17.5 Å². The molecule has 0 spiro atoms. The SMILES string of the molecule is O=C(N1CC(Oc2cc(-n3ccnc3)ncc2F)C1)N1N=CCC1c1cc(F)cc(F)c1.